The fourth-order valence-electron chi connectivity index (χ4n) is 3.53. The molecular formula is C24H31N3OS+2. The number of hydrogen-bond donors (Lipinski definition) is 3. The summed E-state index contributed by atoms with van der Waals surface area (Å²) in [5.74, 6) is 0.931. The lowest BCUT2D eigenvalue weighted by atomic mass is 10.2. The number of para-hydroxylation sites is 1. The van der Waals surface area contributed by atoms with Gasteiger partial charge in [0.1, 0.15) is 26.2 Å². The van der Waals surface area contributed by atoms with E-state index in [0.717, 1.165) is 49.1 Å². The molecule has 0 spiro atoms. The summed E-state index contributed by atoms with van der Waals surface area (Å²) in [7, 11) is 0. The summed E-state index contributed by atoms with van der Waals surface area (Å²) in [5.41, 5.74) is 2.15. The normalized spacial score (nSPS) is 19.2. The molecule has 1 fully saturated rings. The average molecular weight is 410 g/mol. The van der Waals surface area contributed by atoms with Gasteiger partial charge < -0.3 is 15.1 Å². The van der Waals surface area contributed by atoms with E-state index in [1.165, 1.54) is 10.5 Å². The van der Waals surface area contributed by atoms with Crippen molar-refractivity contribution in [2.75, 3.05) is 50.3 Å². The molecule has 3 N–H and O–H groups in total. The highest BCUT2D eigenvalue weighted by atomic mass is 32.2. The molecule has 1 amide bonds. The first-order valence-electron chi connectivity index (χ1n) is 10.3. The predicted octanol–water partition coefficient (Wildman–Crippen LogP) is 1.40. The molecule has 0 radical (unpaired) electrons. The molecule has 2 aromatic carbocycles. The van der Waals surface area contributed by atoms with E-state index in [1.807, 2.05) is 36.4 Å². The maximum absolute atomic E-state index is 12.5. The lowest BCUT2D eigenvalue weighted by Gasteiger charge is -2.28. The largest absolute Gasteiger partial charge is 0.322 e. The van der Waals surface area contributed by atoms with Crippen molar-refractivity contribution in [3.05, 3.63) is 78.9 Å². The maximum atomic E-state index is 12.5. The molecule has 0 saturated carbocycles. The zero-order valence-electron chi connectivity index (χ0n) is 16.9. The van der Waals surface area contributed by atoms with Gasteiger partial charge in [0.05, 0.1) is 12.2 Å². The quantitative estimate of drug-likeness (QED) is 0.433. The molecule has 29 heavy (non-hydrogen) atoms. The lowest BCUT2D eigenvalue weighted by Crippen LogP contribution is -3.28. The molecule has 0 aliphatic carbocycles. The molecule has 1 aliphatic heterocycles. The SMILES string of the molecule is C=CCSc1ccccc1NC(=O)C[NH+]1CC[NH+](C/C=C/c2ccccc2)CC1. The van der Waals surface area contributed by atoms with Gasteiger partial charge >= 0.3 is 0 Å². The summed E-state index contributed by atoms with van der Waals surface area (Å²) in [5, 5.41) is 3.10. The molecule has 0 bridgehead atoms. The lowest BCUT2D eigenvalue weighted by molar-refractivity contribution is -1.01. The van der Waals surface area contributed by atoms with Crippen LogP contribution in [0.3, 0.4) is 0 Å². The minimum Gasteiger partial charge on any atom is -0.322 e. The Labute approximate surface area is 178 Å². The highest BCUT2D eigenvalue weighted by Crippen LogP contribution is 2.26. The van der Waals surface area contributed by atoms with Crippen molar-refractivity contribution in [1.29, 1.82) is 0 Å². The first kappa shape index (κ1) is 21.4. The Bertz CT molecular complexity index is 814. The van der Waals surface area contributed by atoms with Crippen LogP contribution in [0.5, 0.6) is 0 Å². The number of carbonyl (C=O) groups excluding carboxylic acids is 1. The van der Waals surface area contributed by atoms with E-state index in [2.05, 4.69) is 48.3 Å². The molecule has 1 aliphatic rings. The zero-order chi connectivity index (χ0) is 20.3. The summed E-state index contributed by atoms with van der Waals surface area (Å²) in [6.45, 7) is 9.63. The summed E-state index contributed by atoms with van der Waals surface area (Å²) in [4.78, 5) is 16.6. The van der Waals surface area contributed by atoms with Crippen LogP contribution in [0.4, 0.5) is 5.69 Å². The fourth-order valence-corrected chi connectivity index (χ4v) is 4.28. The summed E-state index contributed by atoms with van der Waals surface area (Å²) in [6, 6.07) is 18.4. The van der Waals surface area contributed by atoms with E-state index >= 15 is 0 Å². The van der Waals surface area contributed by atoms with Crippen molar-refractivity contribution >= 4 is 29.4 Å². The molecule has 3 rings (SSSR count). The van der Waals surface area contributed by atoms with Crippen LogP contribution in [0.2, 0.25) is 0 Å². The Morgan fingerprint density at radius 3 is 2.45 bits per heavy atom. The number of amides is 1. The Balaban J connectivity index is 1.41. The van der Waals surface area contributed by atoms with Crippen molar-refractivity contribution in [2.24, 2.45) is 0 Å². The molecule has 1 saturated heterocycles. The molecule has 0 atom stereocenters. The number of anilines is 1. The van der Waals surface area contributed by atoms with Crippen molar-refractivity contribution < 1.29 is 14.6 Å². The van der Waals surface area contributed by atoms with E-state index < -0.39 is 0 Å². The maximum Gasteiger partial charge on any atom is 0.279 e. The molecule has 5 heteroatoms. The second-order valence-electron chi connectivity index (χ2n) is 7.34. The first-order valence-corrected chi connectivity index (χ1v) is 11.2. The van der Waals surface area contributed by atoms with Gasteiger partial charge in [0, 0.05) is 10.6 Å². The highest BCUT2D eigenvalue weighted by Gasteiger charge is 2.24. The van der Waals surface area contributed by atoms with Crippen LogP contribution in [-0.2, 0) is 4.79 Å². The molecule has 2 aromatic rings. The monoisotopic (exact) mass is 409 g/mol. The summed E-state index contributed by atoms with van der Waals surface area (Å²) in [6.07, 6.45) is 6.34. The van der Waals surface area contributed by atoms with Crippen molar-refractivity contribution in [3.8, 4) is 0 Å². The van der Waals surface area contributed by atoms with E-state index in [4.69, 9.17) is 0 Å². The highest BCUT2D eigenvalue weighted by molar-refractivity contribution is 7.99. The number of quaternary nitrogens is 2. The van der Waals surface area contributed by atoms with Crippen LogP contribution in [0.25, 0.3) is 6.08 Å². The van der Waals surface area contributed by atoms with Gasteiger partial charge in [0.25, 0.3) is 5.91 Å². The Hall–Kier alpha value is -2.34. The van der Waals surface area contributed by atoms with Crippen LogP contribution in [0, 0.1) is 0 Å². The minimum atomic E-state index is 0.0964. The first-order chi connectivity index (χ1) is 14.2. The van der Waals surface area contributed by atoms with E-state index in [1.54, 1.807) is 16.7 Å². The number of thioether (sulfide) groups is 1. The average Bonchev–Trinajstić information content (AvgIpc) is 2.75. The van der Waals surface area contributed by atoms with Gasteiger partial charge in [-0.3, -0.25) is 4.79 Å². The standard InChI is InChI=1S/C24H29N3OS/c1-2-19-29-23-13-7-6-12-22(23)25-24(28)20-27-17-15-26(16-18-27)14-8-11-21-9-4-3-5-10-21/h2-13H,1,14-20H2,(H,25,28)/p+2/b11-8+. The van der Waals surface area contributed by atoms with Gasteiger partial charge in [0.15, 0.2) is 6.54 Å². The smallest absolute Gasteiger partial charge is 0.279 e. The Morgan fingerprint density at radius 1 is 1.00 bits per heavy atom. The number of nitrogens with one attached hydrogen (secondary N) is 3. The van der Waals surface area contributed by atoms with Crippen molar-refractivity contribution in [1.82, 2.24) is 0 Å². The topological polar surface area (TPSA) is 38.0 Å². The van der Waals surface area contributed by atoms with E-state index in [-0.39, 0.29) is 5.91 Å². The van der Waals surface area contributed by atoms with Gasteiger partial charge in [-0.05, 0) is 23.8 Å². The second-order valence-corrected chi connectivity index (χ2v) is 8.40. The number of carbonyl (C=O) groups is 1. The molecule has 1 heterocycles. The van der Waals surface area contributed by atoms with Gasteiger partial charge in [-0.15, -0.1) is 18.3 Å². The van der Waals surface area contributed by atoms with E-state index in [0.29, 0.717) is 6.54 Å². The molecule has 0 aromatic heterocycles. The molecule has 152 valence electrons. The van der Waals surface area contributed by atoms with Crippen LogP contribution in [0.15, 0.2) is 78.2 Å². The zero-order valence-corrected chi connectivity index (χ0v) is 17.7. The third-order valence-corrected chi connectivity index (χ3v) is 6.18. The van der Waals surface area contributed by atoms with Gasteiger partial charge in [-0.2, -0.15) is 0 Å². The third kappa shape index (κ3) is 7.20. The van der Waals surface area contributed by atoms with Crippen LogP contribution in [-0.4, -0.2) is 50.9 Å². The van der Waals surface area contributed by atoms with E-state index in [9.17, 15) is 4.79 Å². The Kier molecular flexibility index (Phi) is 8.56. The van der Waals surface area contributed by atoms with Crippen LogP contribution >= 0.6 is 11.8 Å². The van der Waals surface area contributed by atoms with Crippen LogP contribution < -0.4 is 15.1 Å². The van der Waals surface area contributed by atoms with Gasteiger partial charge in [0.2, 0.25) is 0 Å². The summed E-state index contributed by atoms with van der Waals surface area (Å²) < 4.78 is 0. The van der Waals surface area contributed by atoms with Gasteiger partial charge in [-0.25, -0.2) is 0 Å². The van der Waals surface area contributed by atoms with Gasteiger partial charge in [-0.1, -0.05) is 54.6 Å². The van der Waals surface area contributed by atoms with Crippen molar-refractivity contribution in [3.63, 3.8) is 0 Å². The third-order valence-electron chi connectivity index (χ3n) is 5.11. The fraction of sp³-hybridized carbons (Fsp3) is 0.292. The number of hydrogen-bond acceptors (Lipinski definition) is 2. The minimum absolute atomic E-state index is 0.0964. The second kappa shape index (κ2) is 11.6. The predicted molar refractivity (Wildman–Crippen MR) is 123 cm³/mol. The Morgan fingerprint density at radius 2 is 1.69 bits per heavy atom. The number of benzene rings is 2. The molecule has 4 nitrogen and oxygen atoms in total. The number of piperazine rings is 1. The summed E-state index contributed by atoms with van der Waals surface area (Å²) >= 11 is 1.69. The number of rotatable bonds is 9. The van der Waals surface area contributed by atoms with Crippen LogP contribution in [0.1, 0.15) is 5.56 Å². The van der Waals surface area contributed by atoms with Crippen molar-refractivity contribution in [2.45, 2.75) is 4.90 Å². The molecular weight excluding hydrogens is 378 g/mol. The molecule has 0 unspecified atom stereocenters.